The average Bonchev–Trinajstić information content (AvgIpc) is 2.70. The summed E-state index contributed by atoms with van der Waals surface area (Å²) in [6, 6.07) is 1.41. The fraction of sp³-hybridized carbons (Fsp3) is 0.556. The van der Waals surface area contributed by atoms with Gasteiger partial charge < -0.3 is 5.11 Å². The molecule has 0 amide bonds. The number of aliphatic hydroxyl groups is 1. The lowest BCUT2D eigenvalue weighted by Gasteiger charge is -2.25. The van der Waals surface area contributed by atoms with E-state index in [1.165, 1.54) is 10.4 Å². The first-order chi connectivity index (χ1) is 8.76. The largest absolute Gasteiger partial charge is 0.391 e. The van der Waals surface area contributed by atoms with Crippen LogP contribution in [0, 0.1) is 0 Å². The molecular weight excluding hydrogens is 378 g/mol. The number of halogens is 1. The van der Waals surface area contributed by atoms with Gasteiger partial charge in [-0.05, 0) is 22.0 Å². The molecule has 1 fully saturated rings. The molecule has 1 aliphatic heterocycles. The monoisotopic (exact) mass is 389 g/mol. The molecule has 0 aliphatic carbocycles. The molecular formula is C9H12BrNO5S3. The zero-order chi connectivity index (χ0) is 14.3. The van der Waals surface area contributed by atoms with E-state index in [0.717, 1.165) is 11.3 Å². The fourth-order valence-corrected chi connectivity index (χ4v) is 7.09. The van der Waals surface area contributed by atoms with E-state index >= 15 is 0 Å². The number of rotatable bonds is 3. The lowest BCUT2D eigenvalue weighted by Crippen LogP contribution is -2.43. The zero-order valence-corrected chi connectivity index (χ0v) is 13.8. The third kappa shape index (κ3) is 3.19. The van der Waals surface area contributed by atoms with Crippen LogP contribution in [0.3, 0.4) is 0 Å². The normalized spacial score (nSPS) is 20.5. The van der Waals surface area contributed by atoms with Crippen LogP contribution >= 0.6 is 27.3 Å². The summed E-state index contributed by atoms with van der Waals surface area (Å²) < 4.78 is 49.0. The molecule has 1 aromatic heterocycles. The van der Waals surface area contributed by atoms with E-state index in [9.17, 15) is 16.8 Å². The van der Waals surface area contributed by atoms with Crippen molar-refractivity contribution in [3.05, 3.63) is 14.7 Å². The van der Waals surface area contributed by atoms with Crippen LogP contribution < -0.4 is 0 Å². The van der Waals surface area contributed by atoms with Crippen LogP contribution in [-0.4, -0.2) is 50.8 Å². The Hall–Kier alpha value is -0.000000000000000222. The Balaban J connectivity index is 2.30. The zero-order valence-electron chi connectivity index (χ0n) is 9.74. The summed E-state index contributed by atoms with van der Waals surface area (Å²) in [7, 11) is -6.83. The third-order valence-corrected chi connectivity index (χ3v) is 8.53. The van der Waals surface area contributed by atoms with Crippen LogP contribution in [0.1, 0.15) is 4.88 Å². The highest BCUT2D eigenvalue weighted by Gasteiger charge is 2.33. The smallest absolute Gasteiger partial charge is 0.245 e. The van der Waals surface area contributed by atoms with Gasteiger partial charge in [-0.2, -0.15) is 4.31 Å². The molecule has 1 saturated heterocycles. The van der Waals surface area contributed by atoms with Gasteiger partial charge in [0.05, 0.1) is 21.9 Å². The molecule has 1 aliphatic rings. The number of sulfonamides is 1. The number of hydrogen-bond acceptors (Lipinski definition) is 6. The predicted octanol–water partition coefficient (Wildman–Crippen LogP) is 0.422. The molecule has 0 bridgehead atoms. The summed E-state index contributed by atoms with van der Waals surface area (Å²) in [6.45, 7) is -0.282. The first-order valence-corrected chi connectivity index (χ1v) is 10.2. The molecule has 2 rings (SSSR count). The minimum Gasteiger partial charge on any atom is -0.391 e. The molecule has 1 aromatic rings. The molecule has 0 radical (unpaired) electrons. The van der Waals surface area contributed by atoms with Gasteiger partial charge in [0.2, 0.25) is 10.0 Å². The Kier molecular flexibility index (Phi) is 4.38. The molecule has 2 heterocycles. The summed E-state index contributed by atoms with van der Waals surface area (Å²) in [5, 5.41) is 9.02. The van der Waals surface area contributed by atoms with E-state index in [-0.39, 0.29) is 36.1 Å². The van der Waals surface area contributed by atoms with Gasteiger partial charge in [-0.25, -0.2) is 16.8 Å². The second-order valence-electron chi connectivity index (χ2n) is 4.06. The van der Waals surface area contributed by atoms with Gasteiger partial charge in [0, 0.05) is 18.0 Å². The molecule has 0 saturated carbocycles. The molecule has 108 valence electrons. The third-order valence-electron chi connectivity index (χ3n) is 2.78. The molecule has 6 nitrogen and oxygen atoms in total. The number of hydrogen-bond donors (Lipinski definition) is 1. The maximum atomic E-state index is 12.4. The summed E-state index contributed by atoms with van der Waals surface area (Å²) in [5.74, 6) is -0.304. The van der Waals surface area contributed by atoms with Gasteiger partial charge in [0.15, 0.2) is 9.84 Å². The number of aliphatic hydroxyl groups excluding tert-OH is 1. The minimum absolute atomic E-state index is 0.0264. The lowest BCUT2D eigenvalue weighted by atomic mass is 10.5. The number of thiophene rings is 1. The van der Waals surface area contributed by atoms with Crippen LogP contribution in [0.4, 0.5) is 0 Å². The first kappa shape index (κ1) is 15.4. The van der Waals surface area contributed by atoms with Crippen molar-refractivity contribution in [3.63, 3.8) is 0 Å². The Morgan fingerprint density at radius 3 is 2.42 bits per heavy atom. The molecule has 0 unspecified atom stereocenters. The van der Waals surface area contributed by atoms with Crippen molar-refractivity contribution in [2.45, 2.75) is 11.5 Å². The Bertz CT molecular complexity index is 665. The Morgan fingerprint density at radius 2 is 1.95 bits per heavy atom. The fourth-order valence-electron chi connectivity index (χ4n) is 1.73. The van der Waals surface area contributed by atoms with Crippen LogP contribution in [0.15, 0.2) is 14.7 Å². The Morgan fingerprint density at radius 1 is 1.37 bits per heavy atom. The van der Waals surface area contributed by atoms with Crippen LogP contribution in [0.25, 0.3) is 0 Å². The summed E-state index contributed by atoms with van der Waals surface area (Å²) in [4.78, 5) is 0.621. The topological polar surface area (TPSA) is 91.8 Å². The highest BCUT2D eigenvalue weighted by Crippen LogP contribution is 2.33. The van der Waals surface area contributed by atoms with E-state index in [4.69, 9.17) is 5.11 Å². The number of sulfone groups is 1. The maximum Gasteiger partial charge on any atom is 0.245 e. The van der Waals surface area contributed by atoms with Crippen molar-refractivity contribution < 1.29 is 21.9 Å². The second-order valence-corrected chi connectivity index (χ2v) is 10.7. The van der Waals surface area contributed by atoms with Crippen LogP contribution in [-0.2, 0) is 26.5 Å². The molecule has 0 spiro atoms. The van der Waals surface area contributed by atoms with Gasteiger partial charge in [-0.15, -0.1) is 11.3 Å². The van der Waals surface area contributed by atoms with Crippen molar-refractivity contribution in [2.24, 2.45) is 0 Å². The van der Waals surface area contributed by atoms with Gasteiger partial charge in [-0.3, -0.25) is 0 Å². The van der Waals surface area contributed by atoms with Gasteiger partial charge in [0.25, 0.3) is 0 Å². The van der Waals surface area contributed by atoms with Crippen molar-refractivity contribution in [1.29, 1.82) is 0 Å². The molecule has 0 aromatic carbocycles. The Labute approximate surface area is 124 Å². The van der Waals surface area contributed by atoms with Gasteiger partial charge in [-0.1, -0.05) is 0 Å². The van der Waals surface area contributed by atoms with Crippen molar-refractivity contribution in [2.75, 3.05) is 24.6 Å². The van der Waals surface area contributed by atoms with Gasteiger partial charge in [0.1, 0.15) is 4.90 Å². The lowest BCUT2D eigenvalue weighted by molar-refractivity contribution is 0.285. The highest BCUT2D eigenvalue weighted by atomic mass is 79.9. The highest BCUT2D eigenvalue weighted by molar-refractivity contribution is 9.11. The average molecular weight is 390 g/mol. The van der Waals surface area contributed by atoms with E-state index in [2.05, 4.69) is 15.9 Å². The SMILES string of the molecule is O=S1(=O)CCN(S(=O)(=O)c2cc(CO)sc2Br)CC1. The van der Waals surface area contributed by atoms with E-state index in [1.807, 2.05) is 0 Å². The van der Waals surface area contributed by atoms with Crippen molar-refractivity contribution in [3.8, 4) is 0 Å². The first-order valence-electron chi connectivity index (χ1n) is 5.36. The molecule has 0 atom stereocenters. The van der Waals surface area contributed by atoms with E-state index in [1.54, 1.807) is 0 Å². The molecule has 1 N–H and O–H groups in total. The molecule has 19 heavy (non-hydrogen) atoms. The summed E-state index contributed by atoms with van der Waals surface area (Å²) in [5.41, 5.74) is 0. The second kappa shape index (κ2) is 5.41. The predicted molar refractivity (Wildman–Crippen MR) is 75.4 cm³/mol. The van der Waals surface area contributed by atoms with Crippen molar-refractivity contribution in [1.82, 2.24) is 4.31 Å². The molecule has 10 heteroatoms. The van der Waals surface area contributed by atoms with Crippen LogP contribution in [0.5, 0.6) is 0 Å². The van der Waals surface area contributed by atoms with Crippen LogP contribution in [0.2, 0.25) is 0 Å². The summed E-state index contributed by atoms with van der Waals surface area (Å²) in [6.07, 6.45) is 0. The standard InChI is InChI=1S/C9H12BrNO5S3/c10-9-8(5-7(6-12)17-9)19(15,16)11-1-3-18(13,14)4-2-11/h5,12H,1-4,6H2. The quantitative estimate of drug-likeness (QED) is 0.808. The van der Waals surface area contributed by atoms with E-state index in [0.29, 0.717) is 8.66 Å². The van der Waals surface area contributed by atoms with E-state index < -0.39 is 19.9 Å². The maximum absolute atomic E-state index is 12.4. The van der Waals surface area contributed by atoms with Gasteiger partial charge >= 0.3 is 0 Å². The summed E-state index contributed by atoms with van der Waals surface area (Å²) >= 11 is 4.31. The van der Waals surface area contributed by atoms with Crippen molar-refractivity contribution >= 4 is 47.1 Å². The minimum atomic E-state index is -3.71. The number of nitrogens with zero attached hydrogens (tertiary/aromatic N) is 1.